The Bertz CT molecular complexity index is 1680. The smallest absolute Gasteiger partial charge is 0.296 e. The second-order valence-corrected chi connectivity index (χ2v) is 11.8. The van der Waals surface area contributed by atoms with Crippen molar-refractivity contribution in [2.75, 3.05) is 44.9 Å². The topological polar surface area (TPSA) is 94.8 Å². The number of para-hydroxylation sites is 2. The number of aromatic nitrogens is 4. The van der Waals surface area contributed by atoms with Crippen molar-refractivity contribution in [1.29, 1.82) is 0 Å². The molecule has 1 aliphatic carbocycles. The van der Waals surface area contributed by atoms with Gasteiger partial charge < -0.3 is 24.0 Å². The minimum atomic E-state index is -2.80. The van der Waals surface area contributed by atoms with E-state index in [2.05, 4.69) is 11.1 Å². The minimum Gasteiger partial charge on any atom is -0.497 e. The normalized spacial score (nSPS) is 20.4. The molecule has 4 heterocycles. The molecule has 2 aliphatic heterocycles. The summed E-state index contributed by atoms with van der Waals surface area (Å²) in [6, 6.07) is 14.7. The lowest BCUT2D eigenvalue weighted by Gasteiger charge is -2.35. The fraction of sp³-hybridized carbons (Fsp3) is 0.455. The Kier molecular flexibility index (Phi) is 8.22. The number of benzene rings is 2. The number of alkyl halides is 2. The molecule has 3 aliphatic rings. The highest BCUT2D eigenvalue weighted by molar-refractivity contribution is 5.79. The summed E-state index contributed by atoms with van der Waals surface area (Å²) in [5, 5.41) is 0. The van der Waals surface area contributed by atoms with Crippen LogP contribution in [0.5, 0.6) is 11.6 Å². The van der Waals surface area contributed by atoms with E-state index in [9.17, 15) is 13.6 Å². The molecular weight excluding hydrogens is 582 g/mol. The summed E-state index contributed by atoms with van der Waals surface area (Å²) in [5.41, 5.74) is 3.40. The molecule has 12 heteroatoms. The molecule has 1 saturated heterocycles. The molecule has 2 aromatic carbocycles. The number of methoxy groups -OCH3 is 1. The largest absolute Gasteiger partial charge is 0.497 e. The number of anilines is 1. The van der Waals surface area contributed by atoms with Crippen LogP contribution in [0.4, 0.5) is 14.7 Å². The van der Waals surface area contributed by atoms with Crippen LogP contribution in [0.2, 0.25) is 0 Å². The highest BCUT2D eigenvalue weighted by Gasteiger charge is 2.32. The Balaban J connectivity index is 1.09. The fourth-order valence-electron chi connectivity index (χ4n) is 6.62. The molecule has 2 fully saturated rings. The van der Waals surface area contributed by atoms with E-state index in [1.54, 1.807) is 37.4 Å². The molecule has 7 rings (SSSR count). The molecule has 1 amide bonds. The Morgan fingerprint density at radius 2 is 1.76 bits per heavy atom. The number of carbonyl (C=O) groups is 1. The minimum absolute atomic E-state index is 0.0622. The summed E-state index contributed by atoms with van der Waals surface area (Å²) in [6.45, 7) is 3.51. The van der Waals surface area contributed by atoms with Crippen LogP contribution in [0.15, 0.2) is 48.5 Å². The summed E-state index contributed by atoms with van der Waals surface area (Å²) in [4.78, 5) is 31.1. The van der Waals surface area contributed by atoms with Gasteiger partial charge in [-0.25, -0.2) is 13.8 Å². The van der Waals surface area contributed by atoms with E-state index in [1.165, 1.54) is 10.1 Å². The number of carbonyl (C=O) groups excluding carboxylic acids is 1. The maximum Gasteiger partial charge on any atom is 0.296 e. The van der Waals surface area contributed by atoms with Crippen LogP contribution in [0.25, 0.3) is 16.9 Å². The van der Waals surface area contributed by atoms with Gasteiger partial charge in [-0.05, 0) is 67.5 Å². The van der Waals surface area contributed by atoms with Crippen LogP contribution in [0.1, 0.15) is 49.1 Å². The number of halogens is 2. The van der Waals surface area contributed by atoms with Gasteiger partial charge in [-0.3, -0.25) is 9.36 Å². The second kappa shape index (κ2) is 12.6. The van der Waals surface area contributed by atoms with Crippen molar-refractivity contribution in [2.45, 2.75) is 51.2 Å². The van der Waals surface area contributed by atoms with E-state index in [0.29, 0.717) is 87.9 Å². The van der Waals surface area contributed by atoms with E-state index in [0.717, 1.165) is 17.7 Å². The van der Waals surface area contributed by atoms with Crippen LogP contribution in [0, 0.1) is 5.92 Å². The predicted molar refractivity (Wildman–Crippen MR) is 163 cm³/mol. The standard InChI is InChI=1S/C33H36F2N6O4/c1-43-25-11-6-21-12-13-40(20-23(21)18-25)32(42)22-7-9-24(10-8-22)45-29-19-28(37-33(38-29)39-14-16-44-17-15-39)41-27-5-3-2-4-26(27)36-31(41)30(34)35/h2-6,11,18-19,22,24,30H,7-10,12-17,20H2,1H3. The first kappa shape index (κ1) is 29.4. The quantitative estimate of drug-likeness (QED) is 0.282. The van der Waals surface area contributed by atoms with Gasteiger partial charge in [0.2, 0.25) is 17.7 Å². The fourth-order valence-corrected chi connectivity index (χ4v) is 6.62. The number of ether oxygens (including phenoxy) is 3. The van der Waals surface area contributed by atoms with Crippen molar-refractivity contribution < 1.29 is 27.8 Å². The van der Waals surface area contributed by atoms with Crippen LogP contribution in [-0.4, -0.2) is 76.4 Å². The number of nitrogens with zero attached hydrogens (tertiary/aromatic N) is 6. The molecular formula is C33H36F2N6O4. The average molecular weight is 619 g/mol. The Morgan fingerprint density at radius 1 is 0.956 bits per heavy atom. The van der Waals surface area contributed by atoms with E-state index < -0.39 is 6.43 Å². The molecule has 236 valence electrons. The first-order valence-corrected chi connectivity index (χ1v) is 15.6. The molecule has 0 unspecified atom stereocenters. The Hall–Kier alpha value is -4.32. The zero-order chi connectivity index (χ0) is 30.9. The van der Waals surface area contributed by atoms with Crippen molar-refractivity contribution in [3.8, 4) is 17.4 Å². The molecule has 4 aromatic rings. The van der Waals surface area contributed by atoms with Crippen molar-refractivity contribution in [3.63, 3.8) is 0 Å². The first-order chi connectivity index (χ1) is 22.0. The lowest BCUT2D eigenvalue weighted by molar-refractivity contribution is -0.138. The third kappa shape index (κ3) is 6.03. The van der Waals surface area contributed by atoms with E-state index >= 15 is 0 Å². The number of hydrogen-bond acceptors (Lipinski definition) is 8. The lowest BCUT2D eigenvalue weighted by atomic mass is 9.85. The average Bonchev–Trinajstić information content (AvgIpc) is 3.48. The number of hydrogen-bond donors (Lipinski definition) is 0. The monoisotopic (exact) mass is 618 g/mol. The van der Waals surface area contributed by atoms with Gasteiger partial charge in [0.1, 0.15) is 17.7 Å². The Labute approximate surface area is 259 Å². The summed E-state index contributed by atoms with van der Waals surface area (Å²) in [7, 11) is 1.65. The highest BCUT2D eigenvalue weighted by atomic mass is 19.3. The van der Waals surface area contributed by atoms with Gasteiger partial charge >= 0.3 is 0 Å². The second-order valence-electron chi connectivity index (χ2n) is 11.8. The van der Waals surface area contributed by atoms with Gasteiger partial charge in [-0.1, -0.05) is 18.2 Å². The van der Waals surface area contributed by atoms with Gasteiger partial charge in [-0.15, -0.1) is 0 Å². The molecule has 0 spiro atoms. The van der Waals surface area contributed by atoms with Crippen LogP contribution >= 0.6 is 0 Å². The number of rotatable bonds is 7. The molecule has 1 saturated carbocycles. The van der Waals surface area contributed by atoms with Gasteiger partial charge in [-0.2, -0.15) is 9.97 Å². The maximum atomic E-state index is 14.2. The van der Waals surface area contributed by atoms with Gasteiger partial charge in [0, 0.05) is 38.2 Å². The molecule has 0 N–H and O–H groups in total. The van der Waals surface area contributed by atoms with Crippen LogP contribution < -0.4 is 14.4 Å². The lowest BCUT2D eigenvalue weighted by Crippen LogP contribution is -2.41. The summed E-state index contributed by atoms with van der Waals surface area (Å²) in [5.74, 6) is 1.53. The summed E-state index contributed by atoms with van der Waals surface area (Å²) in [6.07, 6.45) is 0.683. The van der Waals surface area contributed by atoms with Crippen LogP contribution in [-0.2, 0) is 22.5 Å². The van der Waals surface area contributed by atoms with Gasteiger partial charge in [0.05, 0.1) is 31.4 Å². The third-order valence-corrected chi connectivity index (χ3v) is 9.03. The highest BCUT2D eigenvalue weighted by Crippen LogP contribution is 2.33. The third-order valence-electron chi connectivity index (χ3n) is 9.03. The molecule has 0 atom stereocenters. The molecule has 2 aromatic heterocycles. The Morgan fingerprint density at radius 3 is 2.53 bits per heavy atom. The van der Waals surface area contributed by atoms with E-state index in [-0.39, 0.29) is 29.6 Å². The number of morpholine rings is 1. The summed E-state index contributed by atoms with van der Waals surface area (Å²) < 4.78 is 47.1. The van der Waals surface area contributed by atoms with Crippen molar-refractivity contribution in [2.24, 2.45) is 5.92 Å². The first-order valence-electron chi connectivity index (χ1n) is 15.6. The number of fused-ring (bicyclic) bond motifs is 2. The number of imidazole rings is 1. The van der Waals surface area contributed by atoms with Crippen molar-refractivity contribution in [1.82, 2.24) is 24.4 Å². The zero-order valence-corrected chi connectivity index (χ0v) is 25.2. The van der Waals surface area contributed by atoms with Crippen molar-refractivity contribution >= 4 is 22.9 Å². The molecule has 0 bridgehead atoms. The molecule has 0 radical (unpaired) electrons. The van der Waals surface area contributed by atoms with Crippen molar-refractivity contribution in [3.05, 3.63) is 65.5 Å². The summed E-state index contributed by atoms with van der Waals surface area (Å²) >= 11 is 0. The maximum absolute atomic E-state index is 14.2. The van der Waals surface area contributed by atoms with E-state index in [1.807, 2.05) is 21.9 Å². The molecule has 45 heavy (non-hydrogen) atoms. The van der Waals surface area contributed by atoms with Gasteiger partial charge in [0.25, 0.3) is 6.43 Å². The SMILES string of the molecule is COc1ccc2c(c1)CN(C(=O)C1CCC(Oc3cc(-n4c(C(F)F)nc5ccccc54)nc(N4CCOCC4)n3)CC1)CC2. The molecule has 10 nitrogen and oxygen atoms in total. The van der Waals surface area contributed by atoms with Gasteiger partial charge in [0.15, 0.2) is 5.82 Å². The zero-order valence-electron chi connectivity index (χ0n) is 25.2. The van der Waals surface area contributed by atoms with E-state index in [4.69, 9.17) is 24.2 Å². The number of amides is 1. The predicted octanol–water partition coefficient (Wildman–Crippen LogP) is 5.12. The van der Waals surface area contributed by atoms with Crippen LogP contribution in [0.3, 0.4) is 0 Å².